The molecule has 80 heavy (non-hydrogen) atoms. The van der Waals surface area contributed by atoms with Crippen molar-refractivity contribution in [3.63, 3.8) is 0 Å². The number of ether oxygens (including phenoxy) is 6. The van der Waals surface area contributed by atoms with E-state index < -0.39 is 19.9 Å². The van der Waals surface area contributed by atoms with Gasteiger partial charge in [0.2, 0.25) is 10.0 Å². The molecule has 0 saturated carbocycles. The highest BCUT2D eigenvalue weighted by Crippen LogP contribution is 2.41. The first-order valence-corrected chi connectivity index (χ1v) is 31.6. The predicted molar refractivity (Wildman–Crippen MR) is 301 cm³/mol. The molecule has 4 aromatic carbocycles. The Bertz CT molecular complexity index is 2600. The third-order valence-corrected chi connectivity index (χ3v) is 18.4. The zero-order chi connectivity index (χ0) is 56.2. The van der Waals surface area contributed by atoms with Gasteiger partial charge < -0.3 is 49.3 Å². The molecule has 2 heterocycles. The minimum atomic E-state index is -3.76. The molecule has 5 N–H and O–H groups in total. The van der Waals surface area contributed by atoms with Crippen LogP contribution in [0.25, 0.3) is 0 Å². The number of unbranched alkanes of at least 4 members (excludes halogenated alkanes) is 2. The van der Waals surface area contributed by atoms with E-state index in [0.717, 1.165) is 69.2 Å². The van der Waals surface area contributed by atoms with Gasteiger partial charge in [0.15, 0.2) is 9.84 Å². The molecule has 2 saturated heterocycles. The first kappa shape index (κ1) is 61.0. The second kappa shape index (κ2) is 30.9. The highest BCUT2D eigenvalue weighted by Gasteiger charge is 2.42. The second-order valence-corrected chi connectivity index (χ2v) is 24.9. The molecule has 21 heteroatoms. The Morgan fingerprint density at radius 2 is 1.01 bits per heavy atom. The third kappa shape index (κ3) is 18.2. The van der Waals surface area contributed by atoms with Gasteiger partial charge in [0.1, 0.15) is 29.5 Å². The topological polar surface area (TPSA) is 241 Å². The van der Waals surface area contributed by atoms with E-state index in [2.05, 4.69) is 49.4 Å². The van der Waals surface area contributed by atoms with E-state index >= 15 is 0 Å². The van der Waals surface area contributed by atoms with Crippen LogP contribution in [0.15, 0.2) is 107 Å². The minimum Gasteiger partial charge on any atom is -0.484 e. The molecule has 6 atom stereocenters. The lowest BCUT2D eigenvalue weighted by molar-refractivity contribution is -0.119. The summed E-state index contributed by atoms with van der Waals surface area (Å²) in [7, 11) is -7.28. The zero-order valence-corrected chi connectivity index (χ0v) is 47.4. The number of aliphatic hydroxyl groups excluding tert-OH is 2. The van der Waals surface area contributed by atoms with E-state index in [-0.39, 0.29) is 83.6 Å². The number of rotatable bonds is 35. The fourth-order valence-electron chi connectivity index (χ4n) is 10.9. The second-order valence-electron chi connectivity index (χ2n) is 21.0. The average Bonchev–Trinajstić information content (AvgIpc) is 4.27. The van der Waals surface area contributed by atoms with Gasteiger partial charge in [-0.1, -0.05) is 55.0 Å². The SMILES string of the molecule is O=C(CCCCCNC(=O)NCCOCCOCCCS(=O)(=O)c1ccc(O[C@H]2c3ccccc3C[C@@H]2N2CC[C@@H](O)C2)cc1)CCCOCCOCCNS(=O)(=O)c1ccc(O[C@H]2c3ccccc3C[C@@H]2N2CC[C@@H](O)C2)cc1. The number of nitrogens with one attached hydrogen (secondary N) is 3. The highest BCUT2D eigenvalue weighted by molar-refractivity contribution is 7.91. The molecule has 0 radical (unpaired) electrons. The first-order chi connectivity index (χ1) is 38.8. The lowest BCUT2D eigenvalue weighted by Crippen LogP contribution is -2.39. The summed E-state index contributed by atoms with van der Waals surface area (Å²) in [6.07, 6.45) is 6.19. The van der Waals surface area contributed by atoms with E-state index in [0.29, 0.717) is 103 Å². The summed E-state index contributed by atoms with van der Waals surface area (Å²) >= 11 is 0. The molecule has 2 amide bonds. The van der Waals surface area contributed by atoms with Gasteiger partial charge in [-0.3, -0.25) is 14.6 Å². The number of Topliss-reactive ketones (excluding diaryl/α,β-unsaturated/α-hetero) is 1. The number of amides is 2. The number of ketones is 1. The molecule has 4 aromatic rings. The van der Waals surface area contributed by atoms with Gasteiger partial charge in [0, 0.05) is 71.9 Å². The number of sulfone groups is 1. The number of urea groups is 1. The summed E-state index contributed by atoms with van der Waals surface area (Å²) in [5.41, 5.74) is 4.70. The summed E-state index contributed by atoms with van der Waals surface area (Å²) in [6.45, 7) is 6.15. The van der Waals surface area contributed by atoms with Gasteiger partial charge in [-0.15, -0.1) is 0 Å². The number of hydrogen-bond donors (Lipinski definition) is 5. The quantitative estimate of drug-likeness (QED) is 0.0366. The number of carbonyl (C=O) groups excluding carboxylic acids is 2. The Labute approximate surface area is 472 Å². The smallest absolute Gasteiger partial charge is 0.314 e. The molecule has 19 nitrogen and oxygen atoms in total. The van der Waals surface area contributed by atoms with Crippen molar-refractivity contribution in [3.8, 4) is 11.5 Å². The lowest BCUT2D eigenvalue weighted by Gasteiger charge is -2.30. The molecular weight excluding hydrogens is 1070 g/mol. The number of aliphatic hydroxyl groups is 2. The molecule has 4 aliphatic rings. The minimum absolute atomic E-state index is 0.0559. The molecule has 8 rings (SSSR count). The maximum atomic E-state index is 13.1. The van der Waals surface area contributed by atoms with Crippen LogP contribution >= 0.6 is 0 Å². The van der Waals surface area contributed by atoms with Crippen LogP contribution < -0.4 is 24.8 Å². The van der Waals surface area contributed by atoms with E-state index in [4.69, 9.17) is 28.4 Å². The number of carbonyl (C=O) groups is 2. The van der Waals surface area contributed by atoms with Crippen molar-refractivity contribution < 1.29 is 65.1 Å². The number of β-amino-alcohol motifs (C(OH)–C–C–N with tert-alkyl or cyclic N) is 2. The van der Waals surface area contributed by atoms with Gasteiger partial charge in [0.25, 0.3) is 0 Å². The molecule has 0 aromatic heterocycles. The van der Waals surface area contributed by atoms with Crippen LogP contribution in [0.5, 0.6) is 11.5 Å². The van der Waals surface area contributed by atoms with Crippen molar-refractivity contribution in [1.82, 2.24) is 25.2 Å². The van der Waals surface area contributed by atoms with Crippen molar-refractivity contribution in [3.05, 3.63) is 119 Å². The maximum Gasteiger partial charge on any atom is 0.314 e. The van der Waals surface area contributed by atoms with E-state index in [9.17, 15) is 36.6 Å². The van der Waals surface area contributed by atoms with Crippen LogP contribution in [0.3, 0.4) is 0 Å². The summed E-state index contributed by atoms with van der Waals surface area (Å²) in [6, 6.07) is 29.4. The molecular formula is C59H81N5O14S2. The predicted octanol–water partition coefficient (Wildman–Crippen LogP) is 5.33. The van der Waals surface area contributed by atoms with Crippen molar-refractivity contribution in [2.24, 2.45) is 0 Å². The van der Waals surface area contributed by atoms with Crippen LogP contribution in [0.2, 0.25) is 0 Å². The van der Waals surface area contributed by atoms with Gasteiger partial charge in [-0.25, -0.2) is 26.4 Å². The largest absolute Gasteiger partial charge is 0.484 e. The monoisotopic (exact) mass is 1150 g/mol. The van der Waals surface area contributed by atoms with Crippen LogP contribution in [0.4, 0.5) is 4.79 Å². The summed E-state index contributed by atoms with van der Waals surface area (Å²) < 4.78 is 89.8. The van der Waals surface area contributed by atoms with Gasteiger partial charge in [-0.05, 0) is 122 Å². The van der Waals surface area contributed by atoms with Gasteiger partial charge in [0.05, 0.1) is 79.5 Å². The Kier molecular flexibility index (Phi) is 23.5. The Morgan fingerprint density at radius 3 is 1.56 bits per heavy atom. The highest BCUT2D eigenvalue weighted by atomic mass is 32.2. The summed E-state index contributed by atoms with van der Waals surface area (Å²) in [5.74, 6) is 1.28. The molecule has 2 aliphatic carbocycles. The third-order valence-electron chi connectivity index (χ3n) is 15.1. The summed E-state index contributed by atoms with van der Waals surface area (Å²) in [5, 5.41) is 25.9. The van der Waals surface area contributed by atoms with Crippen LogP contribution in [0, 0.1) is 0 Å². The number of likely N-dealkylation sites (tertiary alicyclic amines) is 2. The molecule has 438 valence electrons. The maximum absolute atomic E-state index is 13.1. The molecule has 2 fully saturated rings. The Balaban J connectivity index is 0.565. The fourth-order valence-corrected chi connectivity index (χ4v) is 13.2. The van der Waals surface area contributed by atoms with Crippen molar-refractivity contribution in [2.45, 2.75) is 117 Å². The normalized spacial score (nSPS) is 21.1. The zero-order valence-electron chi connectivity index (χ0n) is 45.8. The standard InChI is InChI=1S/C59H81N5O14S2/c65-46(13-8-31-73-35-38-76-34-28-62-80(71,72)52-22-18-50(19-23-52)78-58-54-15-6-4-11-45(54)41-56(58)64-30-25-48(67)43-64)12-2-1-7-26-60-59(68)61-27-33-75-37-36-74-32-9-39-79(69,70)51-20-16-49(17-21-51)77-57-53-14-5-3-10-44(53)40-55(57)63-29-24-47(66)42-63/h3-6,10-11,14-23,47-48,55-58,62,66-67H,1-2,7-9,12-13,24-43H2,(H2,60,61,68)/t47-,48-,55+,56+,57+,58+/m1/s1. The molecule has 0 bridgehead atoms. The van der Waals surface area contributed by atoms with Crippen molar-refractivity contribution in [1.29, 1.82) is 0 Å². The van der Waals surface area contributed by atoms with Crippen molar-refractivity contribution >= 4 is 31.7 Å². The number of sulfonamides is 1. The van der Waals surface area contributed by atoms with Crippen LogP contribution in [-0.4, -0.2) is 177 Å². The lowest BCUT2D eigenvalue weighted by atomic mass is 10.1. The Hall–Kier alpha value is -5.04. The van der Waals surface area contributed by atoms with Crippen LogP contribution in [-0.2, 0) is 56.4 Å². The Morgan fingerprint density at radius 1 is 0.525 bits per heavy atom. The van der Waals surface area contributed by atoms with E-state index in [1.54, 1.807) is 36.4 Å². The molecule has 0 spiro atoms. The summed E-state index contributed by atoms with van der Waals surface area (Å²) in [4.78, 5) is 29.4. The number of fused-ring (bicyclic) bond motifs is 2. The average molecular weight is 1150 g/mol. The van der Waals surface area contributed by atoms with Crippen molar-refractivity contribution in [2.75, 3.05) is 104 Å². The van der Waals surface area contributed by atoms with Gasteiger partial charge in [-0.2, -0.15) is 0 Å². The number of benzene rings is 4. The first-order valence-electron chi connectivity index (χ1n) is 28.4. The van der Waals surface area contributed by atoms with Gasteiger partial charge >= 0.3 is 6.03 Å². The van der Waals surface area contributed by atoms with Crippen LogP contribution in [0.1, 0.15) is 92.2 Å². The van der Waals surface area contributed by atoms with E-state index in [1.165, 1.54) is 23.3 Å². The fraction of sp³-hybridized carbons (Fsp3) is 0.559. The van der Waals surface area contributed by atoms with E-state index in [1.807, 2.05) is 24.3 Å². The number of hydrogen-bond acceptors (Lipinski definition) is 16. The molecule has 0 unspecified atom stereocenters. The number of nitrogens with zero attached hydrogens (tertiary/aromatic N) is 2. The molecule has 2 aliphatic heterocycles.